The Morgan fingerprint density at radius 3 is 2.71 bits per heavy atom. The van der Waals surface area contributed by atoms with Crippen LogP contribution in [-0.4, -0.2) is 37.2 Å². The maximum Gasteiger partial charge on any atom is 0.240 e. The normalized spacial score (nSPS) is 24.2. The lowest BCUT2D eigenvalue weighted by atomic mass is 9.90. The van der Waals surface area contributed by atoms with Crippen LogP contribution < -0.4 is 10.6 Å². The van der Waals surface area contributed by atoms with Crippen LogP contribution in [0.15, 0.2) is 0 Å². The van der Waals surface area contributed by atoms with Crippen molar-refractivity contribution in [2.45, 2.75) is 51.7 Å². The van der Waals surface area contributed by atoms with Crippen molar-refractivity contribution in [1.29, 1.82) is 0 Å². The van der Waals surface area contributed by atoms with Crippen molar-refractivity contribution < 1.29 is 9.53 Å². The topological polar surface area (TPSA) is 50.4 Å². The Kier molecular flexibility index (Phi) is 7.75. The van der Waals surface area contributed by atoms with E-state index in [1.807, 2.05) is 20.8 Å². The number of hydrogen-bond donors (Lipinski definition) is 2. The summed E-state index contributed by atoms with van der Waals surface area (Å²) in [6, 6.07) is 0. The minimum absolute atomic E-state index is 0. The van der Waals surface area contributed by atoms with E-state index in [-0.39, 0.29) is 30.0 Å². The molecule has 1 heterocycles. The van der Waals surface area contributed by atoms with Crippen LogP contribution in [0.1, 0.15) is 40.0 Å². The van der Waals surface area contributed by atoms with Gasteiger partial charge >= 0.3 is 0 Å². The number of halogens is 1. The van der Waals surface area contributed by atoms with Crippen LogP contribution in [0.4, 0.5) is 0 Å². The van der Waals surface area contributed by atoms with E-state index in [0.29, 0.717) is 13.2 Å². The maximum absolute atomic E-state index is 11.9. The van der Waals surface area contributed by atoms with Gasteiger partial charge in [0, 0.05) is 6.54 Å². The Morgan fingerprint density at radius 1 is 1.47 bits per heavy atom. The van der Waals surface area contributed by atoms with Gasteiger partial charge in [0.15, 0.2) is 0 Å². The van der Waals surface area contributed by atoms with Gasteiger partial charge in [-0.25, -0.2) is 0 Å². The van der Waals surface area contributed by atoms with Gasteiger partial charge in [0.1, 0.15) is 0 Å². The van der Waals surface area contributed by atoms with Crippen LogP contribution in [0, 0.1) is 0 Å². The van der Waals surface area contributed by atoms with E-state index >= 15 is 0 Å². The van der Waals surface area contributed by atoms with Gasteiger partial charge < -0.3 is 15.4 Å². The summed E-state index contributed by atoms with van der Waals surface area (Å²) in [5.41, 5.74) is -0.379. The zero-order chi connectivity index (χ0) is 12.0. The second kappa shape index (κ2) is 7.90. The highest BCUT2D eigenvalue weighted by Crippen LogP contribution is 2.18. The molecule has 1 fully saturated rings. The molecule has 1 unspecified atom stereocenters. The van der Waals surface area contributed by atoms with Crippen molar-refractivity contribution in [3.63, 3.8) is 0 Å². The van der Waals surface area contributed by atoms with Crippen molar-refractivity contribution in [3.05, 3.63) is 0 Å². The van der Waals surface area contributed by atoms with Crippen LogP contribution in [-0.2, 0) is 9.53 Å². The molecule has 1 saturated heterocycles. The Bertz CT molecular complexity index is 229. The number of rotatable bonds is 5. The SMILES string of the molecule is CC(C)OCCNC(=O)C1(C)CCCCN1.Cl. The molecule has 4 nitrogen and oxygen atoms in total. The zero-order valence-corrected chi connectivity index (χ0v) is 11.9. The highest BCUT2D eigenvalue weighted by atomic mass is 35.5. The van der Waals surface area contributed by atoms with E-state index in [9.17, 15) is 4.79 Å². The summed E-state index contributed by atoms with van der Waals surface area (Å²) in [7, 11) is 0. The fourth-order valence-corrected chi connectivity index (χ4v) is 1.90. The van der Waals surface area contributed by atoms with Gasteiger partial charge in [-0.3, -0.25) is 4.79 Å². The molecule has 0 aliphatic carbocycles. The van der Waals surface area contributed by atoms with Gasteiger partial charge in [-0.05, 0) is 46.6 Å². The summed E-state index contributed by atoms with van der Waals surface area (Å²) >= 11 is 0. The minimum atomic E-state index is -0.379. The van der Waals surface area contributed by atoms with Gasteiger partial charge in [0.05, 0.1) is 18.2 Å². The van der Waals surface area contributed by atoms with E-state index in [1.165, 1.54) is 6.42 Å². The van der Waals surface area contributed by atoms with E-state index < -0.39 is 0 Å². The standard InChI is InChI=1S/C12H24N2O2.ClH/c1-10(2)16-9-8-13-11(15)12(3)6-4-5-7-14-12;/h10,14H,4-9H2,1-3H3,(H,13,15);1H. The maximum atomic E-state index is 11.9. The first kappa shape index (κ1) is 16.7. The molecule has 0 aromatic carbocycles. The molecule has 1 atom stereocenters. The lowest BCUT2D eigenvalue weighted by molar-refractivity contribution is -0.128. The number of amides is 1. The molecule has 0 radical (unpaired) electrons. The molecule has 102 valence electrons. The average Bonchev–Trinajstić information content (AvgIpc) is 2.25. The molecular weight excluding hydrogens is 240 g/mol. The summed E-state index contributed by atoms with van der Waals surface area (Å²) in [6.45, 7) is 8.07. The van der Waals surface area contributed by atoms with Crippen LogP contribution in [0.25, 0.3) is 0 Å². The monoisotopic (exact) mass is 264 g/mol. The molecule has 0 aromatic rings. The van der Waals surface area contributed by atoms with Crippen molar-refractivity contribution in [3.8, 4) is 0 Å². The molecule has 2 N–H and O–H groups in total. The molecule has 0 bridgehead atoms. The molecule has 0 saturated carbocycles. The average molecular weight is 265 g/mol. The number of hydrogen-bond acceptors (Lipinski definition) is 3. The lowest BCUT2D eigenvalue weighted by Crippen LogP contribution is -2.57. The molecule has 1 amide bonds. The van der Waals surface area contributed by atoms with E-state index in [4.69, 9.17) is 4.74 Å². The minimum Gasteiger partial charge on any atom is -0.377 e. The van der Waals surface area contributed by atoms with E-state index in [0.717, 1.165) is 19.4 Å². The Labute approximate surface area is 110 Å². The summed E-state index contributed by atoms with van der Waals surface area (Å²) in [5.74, 6) is 0.0968. The largest absolute Gasteiger partial charge is 0.377 e. The van der Waals surface area contributed by atoms with Gasteiger partial charge in [0.25, 0.3) is 0 Å². The van der Waals surface area contributed by atoms with Crippen LogP contribution in [0.3, 0.4) is 0 Å². The molecule has 0 aromatic heterocycles. The number of nitrogens with one attached hydrogen (secondary N) is 2. The smallest absolute Gasteiger partial charge is 0.240 e. The summed E-state index contributed by atoms with van der Waals surface area (Å²) in [6.07, 6.45) is 3.43. The van der Waals surface area contributed by atoms with E-state index in [1.54, 1.807) is 0 Å². The molecule has 1 rings (SSSR count). The third kappa shape index (κ3) is 5.70. The Balaban J connectivity index is 0.00000256. The zero-order valence-electron chi connectivity index (χ0n) is 11.0. The lowest BCUT2D eigenvalue weighted by Gasteiger charge is -2.33. The quantitative estimate of drug-likeness (QED) is 0.740. The Morgan fingerprint density at radius 2 is 2.18 bits per heavy atom. The van der Waals surface area contributed by atoms with Crippen LogP contribution in [0.2, 0.25) is 0 Å². The van der Waals surface area contributed by atoms with Crippen molar-refractivity contribution in [1.82, 2.24) is 10.6 Å². The van der Waals surface area contributed by atoms with Crippen LogP contribution in [0.5, 0.6) is 0 Å². The second-order valence-electron chi connectivity index (χ2n) is 4.89. The summed E-state index contributed by atoms with van der Waals surface area (Å²) in [5, 5.41) is 6.21. The van der Waals surface area contributed by atoms with Crippen LogP contribution >= 0.6 is 12.4 Å². The third-order valence-corrected chi connectivity index (χ3v) is 2.96. The Hall–Kier alpha value is -0.320. The highest BCUT2D eigenvalue weighted by Gasteiger charge is 2.33. The predicted octanol–water partition coefficient (Wildman–Crippen LogP) is 1.48. The number of piperidine rings is 1. The fourth-order valence-electron chi connectivity index (χ4n) is 1.90. The summed E-state index contributed by atoms with van der Waals surface area (Å²) in [4.78, 5) is 11.9. The summed E-state index contributed by atoms with van der Waals surface area (Å²) < 4.78 is 5.38. The highest BCUT2D eigenvalue weighted by molar-refractivity contribution is 5.86. The molecule has 1 aliphatic rings. The van der Waals surface area contributed by atoms with Gasteiger partial charge in [0.2, 0.25) is 5.91 Å². The predicted molar refractivity (Wildman–Crippen MR) is 71.6 cm³/mol. The van der Waals surface area contributed by atoms with Crippen molar-refractivity contribution >= 4 is 18.3 Å². The first-order valence-corrected chi connectivity index (χ1v) is 6.19. The molecule has 1 aliphatic heterocycles. The second-order valence-corrected chi connectivity index (χ2v) is 4.89. The van der Waals surface area contributed by atoms with Crippen molar-refractivity contribution in [2.24, 2.45) is 0 Å². The van der Waals surface area contributed by atoms with E-state index in [2.05, 4.69) is 10.6 Å². The molecular formula is C12H25ClN2O2. The molecule has 17 heavy (non-hydrogen) atoms. The first-order chi connectivity index (χ1) is 7.54. The molecule has 0 spiro atoms. The van der Waals surface area contributed by atoms with Gasteiger partial charge in [-0.15, -0.1) is 12.4 Å². The van der Waals surface area contributed by atoms with Gasteiger partial charge in [-0.1, -0.05) is 0 Å². The number of ether oxygens (including phenoxy) is 1. The third-order valence-electron chi connectivity index (χ3n) is 2.96. The fraction of sp³-hybridized carbons (Fsp3) is 0.917. The number of carbonyl (C=O) groups is 1. The van der Waals surface area contributed by atoms with Gasteiger partial charge in [-0.2, -0.15) is 0 Å². The molecule has 5 heteroatoms. The first-order valence-electron chi connectivity index (χ1n) is 6.19. The number of carbonyl (C=O) groups excluding carboxylic acids is 1. The van der Waals surface area contributed by atoms with Crippen molar-refractivity contribution in [2.75, 3.05) is 19.7 Å².